The summed E-state index contributed by atoms with van der Waals surface area (Å²) >= 11 is 11.9. The molecule has 1 aromatic heterocycles. The highest BCUT2D eigenvalue weighted by molar-refractivity contribution is 6.34. The van der Waals surface area contributed by atoms with Crippen LogP contribution < -0.4 is 10.6 Å². The first-order valence-electron chi connectivity index (χ1n) is 9.67. The molecule has 1 saturated carbocycles. The molecule has 1 aromatic carbocycles. The average Bonchev–Trinajstić information content (AvgIpc) is 2.69. The van der Waals surface area contributed by atoms with Gasteiger partial charge in [0.25, 0.3) is 5.91 Å². The zero-order valence-electron chi connectivity index (χ0n) is 16.3. The molecule has 9 heteroatoms. The van der Waals surface area contributed by atoms with Crippen LogP contribution in [0.5, 0.6) is 0 Å². The van der Waals surface area contributed by atoms with E-state index < -0.39 is 22.7 Å². The van der Waals surface area contributed by atoms with Gasteiger partial charge in [-0.15, -0.1) is 0 Å². The van der Waals surface area contributed by atoms with Crippen molar-refractivity contribution in [3.63, 3.8) is 0 Å². The number of pyridine rings is 1. The molecule has 1 heterocycles. The Morgan fingerprint density at radius 2 is 1.90 bits per heavy atom. The number of nitrogens with one attached hydrogen (secondary N) is 2. The normalized spacial score (nSPS) is 19.4. The SMILES string of the molecule is Cc1ncc(NCC2CCC(NC(=O)c3cccc(C(F)(F)F)c3Cl)CC2)cc1Cl. The number of aromatic nitrogens is 1. The molecule has 0 radical (unpaired) electrons. The highest BCUT2D eigenvalue weighted by Crippen LogP contribution is 2.36. The molecule has 2 aromatic rings. The van der Waals surface area contributed by atoms with Gasteiger partial charge in [-0.2, -0.15) is 13.2 Å². The highest BCUT2D eigenvalue weighted by Gasteiger charge is 2.35. The van der Waals surface area contributed by atoms with Gasteiger partial charge in [-0.1, -0.05) is 29.3 Å². The lowest BCUT2D eigenvalue weighted by Gasteiger charge is -2.29. The van der Waals surface area contributed by atoms with Crippen molar-refractivity contribution in [1.29, 1.82) is 0 Å². The van der Waals surface area contributed by atoms with Crippen molar-refractivity contribution < 1.29 is 18.0 Å². The Hall–Kier alpha value is -1.99. The third kappa shape index (κ3) is 5.58. The minimum Gasteiger partial charge on any atom is -0.383 e. The van der Waals surface area contributed by atoms with Crippen molar-refractivity contribution in [3.8, 4) is 0 Å². The number of carbonyl (C=O) groups excluding carboxylic acids is 1. The Balaban J connectivity index is 1.51. The van der Waals surface area contributed by atoms with Crippen LogP contribution in [-0.2, 0) is 6.18 Å². The van der Waals surface area contributed by atoms with Gasteiger partial charge in [0, 0.05) is 12.6 Å². The molecule has 0 unspecified atom stereocenters. The Morgan fingerprint density at radius 3 is 2.53 bits per heavy atom. The number of benzene rings is 1. The van der Waals surface area contributed by atoms with Crippen LogP contribution in [0.4, 0.5) is 18.9 Å². The Kier molecular flexibility index (Phi) is 7.14. The first kappa shape index (κ1) is 22.7. The van der Waals surface area contributed by atoms with E-state index in [0.29, 0.717) is 10.9 Å². The number of nitrogens with zero attached hydrogens (tertiary/aromatic N) is 1. The van der Waals surface area contributed by atoms with Gasteiger partial charge in [-0.3, -0.25) is 9.78 Å². The van der Waals surface area contributed by atoms with Crippen LogP contribution in [0.25, 0.3) is 0 Å². The number of hydrogen-bond acceptors (Lipinski definition) is 3. The van der Waals surface area contributed by atoms with Crippen LogP contribution in [0, 0.1) is 12.8 Å². The number of amides is 1. The van der Waals surface area contributed by atoms with Crippen molar-refractivity contribution in [2.45, 2.75) is 44.8 Å². The van der Waals surface area contributed by atoms with Gasteiger partial charge in [0.1, 0.15) is 0 Å². The second kappa shape index (κ2) is 9.43. The fourth-order valence-corrected chi connectivity index (χ4v) is 4.05. The van der Waals surface area contributed by atoms with E-state index in [4.69, 9.17) is 23.2 Å². The third-order valence-corrected chi connectivity index (χ3v) is 6.14. The molecule has 0 saturated heterocycles. The van der Waals surface area contributed by atoms with E-state index in [1.54, 1.807) is 6.20 Å². The first-order chi connectivity index (χ1) is 14.1. The highest BCUT2D eigenvalue weighted by atomic mass is 35.5. The molecule has 1 aliphatic rings. The van der Waals surface area contributed by atoms with E-state index in [0.717, 1.165) is 49.7 Å². The summed E-state index contributed by atoms with van der Waals surface area (Å²) in [4.78, 5) is 16.7. The van der Waals surface area contributed by atoms with Crippen molar-refractivity contribution in [3.05, 3.63) is 57.3 Å². The summed E-state index contributed by atoms with van der Waals surface area (Å²) in [6, 6.07) is 5.12. The molecule has 0 bridgehead atoms. The summed E-state index contributed by atoms with van der Waals surface area (Å²) < 4.78 is 39.0. The number of alkyl halides is 3. The van der Waals surface area contributed by atoms with E-state index >= 15 is 0 Å². The largest absolute Gasteiger partial charge is 0.417 e. The quantitative estimate of drug-likeness (QED) is 0.566. The number of anilines is 1. The zero-order chi connectivity index (χ0) is 21.9. The van der Waals surface area contributed by atoms with Gasteiger partial charge in [0.2, 0.25) is 0 Å². The van der Waals surface area contributed by atoms with Gasteiger partial charge in [0.15, 0.2) is 0 Å². The Morgan fingerprint density at radius 1 is 1.20 bits per heavy atom. The van der Waals surface area contributed by atoms with Crippen LogP contribution in [0.3, 0.4) is 0 Å². The van der Waals surface area contributed by atoms with E-state index in [1.807, 2.05) is 13.0 Å². The molecular weight excluding hydrogens is 438 g/mol. The maximum Gasteiger partial charge on any atom is 0.417 e. The molecule has 0 aliphatic heterocycles. The molecule has 0 atom stereocenters. The maximum absolute atomic E-state index is 13.0. The van der Waals surface area contributed by atoms with E-state index in [2.05, 4.69) is 15.6 Å². The number of carbonyl (C=O) groups is 1. The molecule has 1 aliphatic carbocycles. The Bertz CT molecular complexity index is 913. The monoisotopic (exact) mass is 459 g/mol. The molecule has 3 rings (SSSR count). The number of rotatable bonds is 5. The number of halogens is 5. The zero-order valence-corrected chi connectivity index (χ0v) is 17.8. The third-order valence-electron chi connectivity index (χ3n) is 5.35. The first-order valence-corrected chi connectivity index (χ1v) is 10.4. The van der Waals surface area contributed by atoms with E-state index in [1.165, 1.54) is 12.1 Å². The van der Waals surface area contributed by atoms with Crippen LogP contribution in [-0.4, -0.2) is 23.5 Å². The topological polar surface area (TPSA) is 54.0 Å². The average molecular weight is 460 g/mol. The van der Waals surface area contributed by atoms with Crippen molar-refractivity contribution in [2.75, 3.05) is 11.9 Å². The second-order valence-corrected chi connectivity index (χ2v) is 8.31. The fraction of sp³-hybridized carbons (Fsp3) is 0.429. The summed E-state index contributed by atoms with van der Waals surface area (Å²) in [7, 11) is 0. The van der Waals surface area contributed by atoms with E-state index in [-0.39, 0.29) is 11.6 Å². The minimum absolute atomic E-state index is 0.0881. The maximum atomic E-state index is 13.0. The van der Waals surface area contributed by atoms with Crippen LogP contribution in [0.2, 0.25) is 10.0 Å². The summed E-state index contributed by atoms with van der Waals surface area (Å²) in [6.45, 7) is 2.61. The standard InChI is InChI=1S/C21H22Cl2F3N3O/c1-12-18(22)9-15(11-27-12)28-10-13-5-7-14(8-6-13)29-20(30)16-3-2-4-17(19(16)23)21(24,25)26/h2-4,9,11,13-14,28H,5-8,10H2,1H3,(H,29,30). The van der Waals surface area contributed by atoms with Crippen molar-refractivity contribution in [2.24, 2.45) is 5.92 Å². The molecule has 162 valence electrons. The molecule has 4 nitrogen and oxygen atoms in total. The van der Waals surface area contributed by atoms with Crippen LogP contribution >= 0.6 is 23.2 Å². The van der Waals surface area contributed by atoms with Crippen LogP contribution in [0.15, 0.2) is 30.5 Å². The Labute approximate surface area is 183 Å². The lowest BCUT2D eigenvalue weighted by molar-refractivity contribution is -0.137. The molecule has 1 fully saturated rings. The van der Waals surface area contributed by atoms with Gasteiger partial charge < -0.3 is 10.6 Å². The molecule has 1 amide bonds. The van der Waals surface area contributed by atoms with Gasteiger partial charge in [0.05, 0.1) is 38.8 Å². The smallest absolute Gasteiger partial charge is 0.383 e. The fourth-order valence-electron chi connectivity index (χ4n) is 3.57. The summed E-state index contributed by atoms with van der Waals surface area (Å²) in [5.41, 5.74) is 0.482. The molecular formula is C21H22Cl2F3N3O. The van der Waals surface area contributed by atoms with Gasteiger partial charge in [-0.25, -0.2) is 0 Å². The summed E-state index contributed by atoms with van der Waals surface area (Å²) in [5, 5.41) is 6.20. The van der Waals surface area contributed by atoms with Gasteiger partial charge >= 0.3 is 6.18 Å². The molecule has 2 N–H and O–H groups in total. The predicted octanol–water partition coefficient (Wildman–Crippen LogP) is 6.12. The second-order valence-electron chi connectivity index (χ2n) is 7.53. The van der Waals surface area contributed by atoms with E-state index in [9.17, 15) is 18.0 Å². The minimum atomic E-state index is -4.60. The van der Waals surface area contributed by atoms with Gasteiger partial charge in [-0.05, 0) is 56.7 Å². The number of hydrogen-bond donors (Lipinski definition) is 2. The molecule has 0 spiro atoms. The van der Waals surface area contributed by atoms with Crippen molar-refractivity contribution >= 4 is 34.8 Å². The van der Waals surface area contributed by atoms with Crippen LogP contribution in [0.1, 0.15) is 47.3 Å². The number of aryl methyl sites for hydroxylation is 1. The predicted molar refractivity (Wildman–Crippen MR) is 112 cm³/mol. The summed E-state index contributed by atoms with van der Waals surface area (Å²) in [5.74, 6) is -0.150. The lowest BCUT2D eigenvalue weighted by Crippen LogP contribution is -2.38. The van der Waals surface area contributed by atoms with Crippen molar-refractivity contribution in [1.82, 2.24) is 10.3 Å². The molecule has 30 heavy (non-hydrogen) atoms. The lowest BCUT2D eigenvalue weighted by atomic mass is 9.86. The summed E-state index contributed by atoms with van der Waals surface area (Å²) in [6.07, 6.45) is 0.424.